The highest BCUT2D eigenvalue weighted by molar-refractivity contribution is 6.20. The molecule has 334 valence electrons. The van der Waals surface area contributed by atoms with E-state index in [9.17, 15) is 5.26 Å². The summed E-state index contributed by atoms with van der Waals surface area (Å²) < 4.78 is 17.9. The highest BCUT2D eigenvalue weighted by Crippen LogP contribution is 2.49. The van der Waals surface area contributed by atoms with Crippen molar-refractivity contribution in [3.63, 3.8) is 0 Å². The second kappa shape index (κ2) is 15.5. The summed E-state index contributed by atoms with van der Waals surface area (Å²) in [5.41, 5.74) is 12.8. The Balaban J connectivity index is 1.17. The molecule has 8 heteroatoms. The first-order valence-corrected chi connectivity index (χ1v) is 23.9. The molecule has 0 bridgehead atoms. The molecule has 0 atom stereocenters. The maximum absolute atomic E-state index is 11.9. The molecule has 5 heterocycles. The van der Waals surface area contributed by atoms with Gasteiger partial charge in [0, 0.05) is 77.5 Å². The van der Waals surface area contributed by atoms with E-state index in [1.165, 1.54) is 0 Å². The molecule has 0 saturated carbocycles. The molecule has 8 nitrogen and oxygen atoms in total. The SMILES string of the molecule is N#Cc1cc(-c2nc(-c3ccccc3)nc(-c3ccccc3)n2)c(-c2ccccc2)c(-n2c3ccccc3c3cc4c(cc32)oc2ccccc24)c1-n1c2ccccc2c2cc3c(cc21)oc1ccccc13. The van der Waals surface area contributed by atoms with Gasteiger partial charge in [-0.3, -0.25) is 0 Å². The zero-order chi connectivity index (χ0) is 47.4. The minimum atomic E-state index is 0.422. The molecule has 15 aromatic rings. The first-order valence-electron chi connectivity index (χ1n) is 23.9. The lowest BCUT2D eigenvalue weighted by Gasteiger charge is -2.24. The first kappa shape index (κ1) is 39.9. The summed E-state index contributed by atoms with van der Waals surface area (Å²) in [5.74, 6) is 1.46. The van der Waals surface area contributed by atoms with Crippen molar-refractivity contribution in [2.75, 3.05) is 0 Å². The van der Waals surface area contributed by atoms with Gasteiger partial charge in [0.15, 0.2) is 17.5 Å². The number of rotatable bonds is 6. The molecule has 0 aliphatic carbocycles. The van der Waals surface area contributed by atoms with Crippen LogP contribution in [0.3, 0.4) is 0 Å². The van der Waals surface area contributed by atoms with Gasteiger partial charge in [-0.1, -0.05) is 164 Å². The molecular weight excluding hydrogens is 885 g/mol. The third-order valence-electron chi connectivity index (χ3n) is 14.2. The zero-order valence-corrected chi connectivity index (χ0v) is 38.3. The number of hydrogen-bond acceptors (Lipinski definition) is 6. The molecule has 0 fully saturated rings. The van der Waals surface area contributed by atoms with E-state index in [0.717, 1.165) is 115 Å². The quantitative estimate of drug-likeness (QED) is 0.165. The lowest BCUT2D eigenvalue weighted by Crippen LogP contribution is -2.10. The van der Waals surface area contributed by atoms with E-state index in [1.807, 2.05) is 103 Å². The molecule has 0 spiro atoms. The second-order valence-electron chi connectivity index (χ2n) is 18.2. The van der Waals surface area contributed by atoms with Crippen LogP contribution in [-0.2, 0) is 0 Å². The molecule has 0 radical (unpaired) electrons. The Morgan fingerprint density at radius 3 is 1.25 bits per heavy atom. The minimum absolute atomic E-state index is 0.422. The number of furan rings is 2. The lowest BCUT2D eigenvalue weighted by atomic mass is 9.92. The second-order valence-corrected chi connectivity index (χ2v) is 18.2. The van der Waals surface area contributed by atoms with E-state index in [1.54, 1.807) is 0 Å². The van der Waals surface area contributed by atoms with Gasteiger partial charge >= 0.3 is 0 Å². The van der Waals surface area contributed by atoms with Crippen LogP contribution in [0, 0.1) is 11.3 Å². The van der Waals surface area contributed by atoms with Crippen LogP contribution in [0.1, 0.15) is 5.56 Å². The number of nitrogens with zero attached hydrogens (tertiary/aromatic N) is 6. The number of fused-ring (bicyclic) bond motifs is 12. The van der Waals surface area contributed by atoms with Crippen LogP contribution in [0.4, 0.5) is 0 Å². The number of aromatic nitrogens is 5. The van der Waals surface area contributed by atoms with Crippen LogP contribution in [0.15, 0.2) is 227 Å². The molecule has 0 aliphatic rings. The van der Waals surface area contributed by atoms with E-state index in [0.29, 0.717) is 34.3 Å². The average molecular weight is 921 g/mol. The van der Waals surface area contributed by atoms with Gasteiger partial charge in [0.2, 0.25) is 0 Å². The normalized spacial score (nSPS) is 11.9. The fraction of sp³-hybridized carbons (Fsp3) is 0. The molecule has 10 aromatic carbocycles. The van der Waals surface area contributed by atoms with E-state index >= 15 is 0 Å². The maximum atomic E-state index is 11.9. The molecule has 0 unspecified atom stereocenters. The summed E-state index contributed by atoms with van der Waals surface area (Å²) in [7, 11) is 0. The lowest BCUT2D eigenvalue weighted by molar-refractivity contribution is 0.669. The van der Waals surface area contributed by atoms with Crippen molar-refractivity contribution in [2.45, 2.75) is 0 Å². The van der Waals surface area contributed by atoms with Crippen LogP contribution in [-0.4, -0.2) is 24.1 Å². The summed E-state index contributed by atoms with van der Waals surface area (Å²) in [6, 6.07) is 77.3. The maximum Gasteiger partial charge on any atom is 0.164 e. The van der Waals surface area contributed by atoms with Crippen molar-refractivity contribution in [2.24, 2.45) is 0 Å². The van der Waals surface area contributed by atoms with Crippen LogP contribution in [0.2, 0.25) is 0 Å². The Hall–Kier alpha value is -10.1. The monoisotopic (exact) mass is 920 g/mol. The Kier molecular flexibility index (Phi) is 8.55. The van der Waals surface area contributed by atoms with Gasteiger partial charge in [-0.25, -0.2) is 15.0 Å². The molecule has 0 aliphatic heterocycles. The van der Waals surface area contributed by atoms with E-state index in [-0.39, 0.29) is 0 Å². The third-order valence-corrected chi connectivity index (χ3v) is 14.2. The van der Waals surface area contributed by atoms with Gasteiger partial charge in [0.25, 0.3) is 0 Å². The molecule has 0 saturated heterocycles. The van der Waals surface area contributed by atoms with Gasteiger partial charge in [-0.15, -0.1) is 0 Å². The fourth-order valence-electron chi connectivity index (χ4n) is 11.0. The topological polar surface area (TPSA) is 98.6 Å². The fourth-order valence-corrected chi connectivity index (χ4v) is 11.0. The Labute approximate surface area is 410 Å². The summed E-state index contributed by atoms with van der Waals surface area (Å²) in [4.78, 5) is 15.8. The number of para-hydroxylation sites is 4. The first-order chi connectivity index (χ1) is 35.7. The van der Waals surface area contributed by atoms with E-state index in [2.05, 4.69) is 130 Å². The van der Waals surface area contributed by atoms with Crippen LogP contribution in [0.5, 0.6) is 0 Å². The Morgan fingerprint density at radius 2 is 0.750 bits per heavy atom. The van der Waals surface area contributed by atoms with E-state index < -0.39 is 0 Å². The standard InChI is InChI=1S/C64H36N6O2/c65-37-41-32-50(64-67-62(39-20-6-2-7-21-39)66-63(68-64)40-22-8-3-9-23-40)59(38-18-4-1-5-19-38)61(70-52-29-15-11-25-43(52)47-34-49-45-27-13-17-31-56(45)72-58(49)36-54(47)70)60(41)69-51-28-14-10-24-42(51)46-33-48-44-26-12-16-30-55(44)71-57(48)35-53(46)69/h1-36H. The van der Waals surface area contributed by atoms with E-state index in [4.69, 9.17) is 23.8 Å². The summed E-state index contributed by atoms with van der Waals surface area (Å²) in [6.07, 6.45) is 0. The Bertz CT molecular complexity index is 4690. The highest BCUT2D eigenvalue weighted by Gasteiger charge is 2.30. The molecule has 72 heavy (non-hydrogen) atoms. The predicted molar refractivity (Wildman–Crippen MR) is 290 cm³/mol. The summed E-state index contributed by atoms with van der Waals surface area (Å²) in [6.45, 7) is 0. The van der Waals surface area contributed by atoms with Crippen molar-refractivity contribution in [3.8, 4) is 62.7 Å². The molecule has 0 amide bonds. The smallest absolute Gasteiger partial charge is 0.164 e. The van der Waals surface area contributed by atoms with Gasteiger partial charge in [-0.05, 0) is 48.0 Å². The predicted octanol–water partition coefficient (Wildman–Crippen LogP) is 16.4. The number of benzene rings is 10. The minimum Gasteiger partial charge on any atom is -0.456 e. The zero-order valence-electron chi connectivity index (χ0n) is 38.3. The molecule has 15 rings (SSSR count). The Morgan fingerprint density at radius 1 is 0.333 bits per heavy atom. The molecular formula is C64H36N6O2. The number of hydrogen-bond donors (Lipinski definition) is 0. The highest BCUT2D eigenvalue weighted by atomic mass is 16.3. The molecule has 5 aromatic heterocycles. The van der Waals surface area contributed by atoms with Crippen LogP contribution in [0.25, 0.3) is 144 Å². The van der Waals surface area contributed by atoms with Gasteiger partial charge in [0.05, 0.1) is 39.0 Å². The van der Waals surface area contributed by atoms with Gasteiger partial charge in [0.1, 0.15) is 28.4 Å². The van der Waals surface area contributed by atoms with Gasteiger partial charge < -0.3 is 18.0 Å². The van der Waals surface area contributed by atoms with Crippen molar-refractivity contribution < 1.29 is 8.83 Å². The van der Waals surface area contributed by atoms with Gasteiger partial charge in [-0.2, -0.15) is 5.26 Å². The van der Waals surface area contributed by atoms with Crippen molar-refractivity contribution >= 4 is 87.5 Å². The number of nitriles is 1. The summed E-state index contributed by atoms with van der Waals surface area (Å²) >= 11 is 0. The average Bonchev–Trinajstić information content (AvgIpc) is 4.19. The van der Waals surface area contributed by atoms with Crippen molar-refractivity contribution in [3.05, 3.63) is 224 Å². The van der Waals surface area contributed by atoms with Crippen LogP contribution >= 0.6 is 0 Å². The van der Waals surface area contributed by atoms with Crippen molar-refractivity contribution in [1.29, 1.82) is 5.26 Å². The molecule has 0 N–H and O–H groups in total. The van der Waals surface area contributed by atoms with Crippen LogP contribution < -0.4 is 0 Å². The third kappa shape index (κ3) is 5.89. The summed E-state index contributed by atoms with van der Waals surface area (Å²) in [5, 5.41) is 20.3. The van der Waals surface area contributed by atoms with Crippen molar-refractivity contribution in [1.82, 2.24) is 24.1 Å². The largest absolute Gasteiger partial charge is 0.456 e.